The molecular formula is C14H24N2O3S. The molecule has 0 unspecified atom stereocenters. The average Bonchev–Trinajstić information content (AvgIpc) is 2.86. The number of amides is 2. The molecule has 2 aliphatic rings. The van der Waals surface area contributed by atoms with E-state index in [-0.39, 0.29) is 18.0 Å². The normalized spacial score (nSPS) is 23.9. The highest BCUT2D eigenvalue weighted by Gasteiger charge is 2.38. The molecule has 0 aromatic heterocycles. The molecule has 2 aliphatic heterocycles. The molecule has 2 rings (SSSR count). The molecule has 0 aliphatic carbocycles. The van der Waals surface area contributed by atoms with Crippen molar-refractivity contribution in [3.63, 3.8) is 0 Å². The lowest BCUT2D eigenvalue weighted by Gasteiger charge is -2.33. The van der Waals surface area contributed by atoms with Gasteiger partial charge in [-0.3, -0.25) is 9.69 Å². The molecule has 0 bridgehead atoms. The molecule has 20 heavy (non-hydrogen) atoms. The summed E-state index contributed by atoms with van der Waals surface area (Å²) >= 11 is 1.87. The molecule has 5 nitrogen and oxygen atoms in total. The van der Waals surface area contributed by atoms with Crippen molar-refractivity contribution in [1.29, 1.82) is 0 Å². The molecule has 2 amide bonds. The molecule has 0 radical (unpaired) electrons. The van der Waals surface area contributed by atoms with E-state index in [0.717, 1.165) is 37.4 Å². The topological polar surface area (TPSA) is 49.9 Å². The lowest BCUT2D eigenvalue weighted by atomic mass is 10.2. The van der Waals surface area contributed by atoms with Crippen molar-refractivity contribution in [1.82, 2.24) is 9.80 Å². The first-order valence-corrected chi connectivity index (χ1v) is 8.40. The smallest absolute Gasteiger partial charge is 0.410 e. The largest absolute Gasteiger partial charge is 0.444 e. The van der Waals surface area contributed by atoms with E-state index in [2.05, 4.69) is 0 Å². The number of thioether (sulfide) groups is 1. The van der Waals surface area contributed by atoms with Crippen molar-refractivity contribution in [3.8, 4) is 0 Å². The van der Waals surface area contributed by atoms with Crippen molar-refractivity contribution < 1.29 is 14.3 Å². The van der Waals surface area contributed by atoms with Crippen LogP contribution < -0.4 is 0 Å². The Labute approximate surface area is 125 Å². The molecule has 0 spiro atoms. The summed E-state index contributed by atoms with van der Waals surface area (Å²) in [6, 6.07) is -0.326. The van der Waals surface area contributed by atoms with Gasteiger partial charge in [-0.2, -0.15) is 11.8 Å². The molecule has 6 heteroatoms. The Morgan fingerprint density at radius 1 is 1.15 bits per heavy atom. The lowest BCUT2D eigenvalue weighted by Crippen LogP contribution is -2.50. The van der Waals surface area contributed by atoms with Crippen LogP contribution in [0.1, 0.15) is 33.6 Å². The molecule has 2 fully saturated rings. The summed E-state index contributed by atoms with van der Waals surface area (Å²) in [4.78, 5) is 28.2. The van der Waals surface area contributed by atoms with Gasteiger partial charge in [-0.25, -0.2) is 4.79 Å². The van der Waals surface area contributed by atoms with E-state index in [0.29, 0.717) is 6.54 Å². The third kappa shape index (κ3) is 3.81. The van der Waals surface area contributed by atoms with Crippen LogP contribution in [0.2, 0.25) is 0 Å². The summed E-state index contributed by atoms with van der Waals surface area (Å²) in [7, 11) is 0. The average molecular weight is 300 g/mol. The molecular weight excluding hydrogens is 276 g/mol. The van der Waals surface area contributed by atoms with Crippen molar-refractivity contribution in [2.24, 2.45) is 0 Å². The molecule has 2 heterocycles. The molecule has 0 saturated carbocycles. The van der Waals surface area contributed by atoms with Gasteiger partial charge in [-0.15, -0.1) is 0 Å². The minimum absolute atomic E-state index is 0.0914. The number of ether oxygens (including phenoxy) is 1. The third-order valence-corrected chi connectivity index (χ3v) is 4.43. The van der Waals surface area contributed by atoms with E-state index in [9.17, 15) is 9.59 Å². The van der Waals surface area contributed by atoms with Crippen molar-refractivity contribution in [2.75, 3.05) is 31.1 Å². The van der Waals surface area contributed by atoms with Gasteiger partial charge in [0, 0.05) is 31.1 Å². The standard InChI is InChI=1S/C14H24N2O3S/c1-14(2,3)19-13(18)16-6-4-5-11(16)12(17)15-7-9-20-10-8-15/h11H,4-10H2,1-3H3/t11-/m0/s1. The maximum absolute atomic E-state index is 12.5. The number of carbonyl (C=O) groups excluding carboxylic acids is 2. The summed E-state index contributed by atoms with van der Waals surface area (Å²) in [5, 5.41) is 0. The first-order chi connectivity index (χ1) is 9.38. The molecule has 114 valence electrons. The Balaban J connectivity index is 1.99. The van der Waals surface area contributed by atoms with Crippen LogP contribution in [-0.2, 0) is 9.53 Å². The number of hydrogen-bond donors (Lipinski definition) is 0. The second kappa shape index (κ2) is 6.24. The highest BCUT2D eigenvalue weighted by molar-refractivity contribution is 7.99. The van der Waals surface area contributed by atoms with Crippen molar-refractivity contribution in [3.05, 3.63) is 0 Å². The SMILES string of the molecule is CC(C)(C)OC(=O)N1CCC[C@H]1C(=O)N1CCSCC1. The Hall–Kier alpha value is -0.910. The number of rotatable bonds is 1. The first kappa shape index (κ1) is 15.5. The minimum Gasteiger partial charge on any atom is -0.444 e. The van der Waals surface area contributed by atoms with E-state index >= 15 is 0 Å². The fraction of sp³-hybridized carbons (Fsp3) is 0.857. The zero-order chi connectivity index (χ0) is 14.8. The zero-order valence-corrected chi connectivity index (χ0v) is 13.4. The summed E-state index contributed by atoms with van der Waals surface area (Å²) in [5.74, 6) is 2.07. The van der Waals surface area contributed by atoms with Gasteiger partial charge in [0.25, 0.3) is 0 Å². The fourth-order valence-electron chi connectivity index (χ4n) is 2.56. The van der Waals surface area contributed by atoms with Gasteiger partial charge in [0.15, 0.2) is 0 Å². The van der Waals surface area contributed by atoms with Gasteiger partial charge in [0.1, 0.15) is 11.6 Å². The second-order valence-corrected chi connectivity index (χ2v) is 7.49. The number of hydrogen-bond acceptors (Lipinski definition) is 4. The summed E-state index contributed by atoms with van der Waals surface area (Å²) < 4.78 is 5.40. The maximum atomic E-state index is 12.5. The quantitative estimate of drug-likeness (QED) is 0.743. The number of likely N-dealkylation sites (tertiary alicyclic amines) is 1. The van der Waals surface area contributed by atoms with Gasteiger partial charge < -0.3 is 9.64 Å². The van der Waals surface area contributed by atoms with E-state index in [1.807, 2.05) is 37.4 Å². The van der Waals surface area contributed by atoms with Crippen LogP contribution >= 0.6 is 11.8 Å². The summed E-state index contributed by atoms with van der Waals surface area (Å²) in [6.45, 7) is 7.75. The monoisotopic (exact) mass is 300 g/mol. The summed E-state index contributed by atoms with van der Waals surface area (Å²) in [5.41, 5.74) is -0.519. The molecule has 2 saturated heterocycles. The fourth-order valence-corrected chi connectivity index (χ4v) is 3.46. The van der Waals surface area contributed by atoms with Gasteiger partial charge in [0.05, 0.1) is 0 Å². The van der Waals surface area contributed by atoms with E-state index in [1.54, 1.807) is 4.90 Å². The Morgan fingerprint density at radius 2 is 1.80 bits per heavy atom. The van der Waals surface area contributed by atoms with E-state index < -0.39 is 5.60 Å². The number of carbonyl (C=O) groups is 2. The zero-order valence-electron chi connectivity index (χ0n) is 12.6. The van der Waals surface area contributed by atoms with Gasteiger partial charge >= 0.3 is 6.09 Å². The molecule has 1 atom stereocenters. The van der Waals surface area contributed by atoms with Crippen LogP contribution in [0.4, 0.5) is 4.79 Å². The van der Waals surface area contributed by atoms with Crippen LogP contribution in [0.15, 0.2) is 0 Å². The maximum Gasteiger partial charge on any atom is 0.410 e. The lowest BCUT2D eigenvalue weighted by molar-refractivity contribution is -0.135. The predicted octanol–water partition coefficient (Wildman–Crippen LogP) is 1.96. The second-order valence-electron chi connectivity index (χ2n) is 6.27. The number of nitrogens with zero attached hydrogens (tertiary/aromatic N) is 2. The molecule has 0 aromatic carbocycles. The Morgan fingerprint density at radius 3 is 2.40 bits per heavy atom. The van der Waals surface area contributed by atoms with Crippen LogP contribution in [0.25, 0.3) is 0 Å². The highest BCUT2D eigenvalue weighted by Crippen LogP contribution is 2.23. The first-order valence-electron chi connectivity index (χ1n) is 7.24. The van der Waals surface area contributed by atoms with Crippen molar-refractivity contribution in [2.45, 2.75) is 45.3 Å². The predicted molar refractivity (Wildman–Crippen MR) is 79.9 cm³/mol. The van der Waals surface area contributed by atoms with Crippen molar-refractivity contribution >= 4 is 23.8 Å². The highest BCUT2D eigenvalue weighted by atomic mass is 32.2. The van der Waals surface area contributed by atoms with Crippen LogP contribution in [-0.4, -0.2) is 64.6 Å². The third-order valence-electron chi connectivity index (χ3n) is 3.49. The minimum atomic E-state index is -0.519. The van der Waals surface area contributed by atoms with Crippen LogP contribution in [0.5, 0.6) is 0 Å². The summed E-state index contributed by atoms with van der Waals surface area (Å²) in [6.07, 6.45) is 1.26. The van der Waals surface area contributed by atoms with Crippen LogP contribution in [0.3, 0.4) is 0 Å². The van der Waals surface area contributed by atoms with Gasteiger partial charge in [-0.05, 0) is 33.6 Å². The Kier molecular flexibility index (Phi) is 4.83. The van der Waals surface area contributed by atoms with Gasteiger partial charge in [0.2, 0.25) is 5.91 Å². The molecule has 0 aromatic rings. The van der Waals surface area contributed by atoms with E-state index in [1.165, 1.54) is 0 Å². The molecule has 0 N–H and O–H groups in total. The van der Waals surface area contributed by atoms with E-state index in [4.69, 9.17) is 4.74 Å². The van der Waals surface area contributed by atoms with Gasteiger partial charge in [-0.1, -0.05) is 0 Å². The Bertz CT molecular complexity index is 375. The van der Waals surface area contributed by atoms with Crippen LogP contribution in [0, 0.1) is 0 Å².